The minimum atomic E-state index is 0.448. The Bertz CT molecular complexity index is 86.7. The Kier molecular flexibility index (Phi) is 4.20. The van der Waals surface area contributed by atoms with E-state index in [9.17, 15) is 0 Å². The van der Waals surface area contributed by atoms with Crippen molar-refractivity contribution in [3.63, 3.8) is 0 Å². The quantitative estimate of drug-likeness (QED) is 0.579. The molecule has 1 heteroatoms. The zero-order valence-electron chi connectivity index (χ0n) is 6.52. The smallest absolute Gasteiger partial charge is 0.0854 e. The van der Waals surface area contributed by atoms with Crippen LogP contribution in [0.4, 0.5) is 0 Å². The van der Waals surface area contributed by atoms with Gasteiger partial charge in [-0.1, -0.05) is 13.8 Å². The Morgan fingerprint density at radius 3 is 2.00 bits per heavy atom. The van der Waals surface area contributed by atoms with E-state index in [0.29, 0.717) is 11.7 Å². The molecule has 0 fully saturated rings. The van der Waals surface area contributed by atoms with E-state index in [1.807, 2.05) is 6.08 Å². The molecule has 0 aliphatic rings. The van der Waals surface area contributed by atoms with Crippen molar-refractivity contribution in [2.24, 2.45) is 5.92 Å². The van der Waals surface area contributed by atoms with Gasteiger partial charge >= 0.3 is 0 Å². The summed E-state index contributed by atoms with van der Waals surface area (Å²) in [4.78, 5) is 0. The van der Waals surface area contributed by atoms with Crippen molar-refractivity contribution in [1.29, 1.82) is 0 Å². The topological polar surface area (TPSA) is 20.2 Å². The highest BCUT2D eigenvalue weighted by Gasteiger charge is 1.97. The van der Waals surface area contributed by atoms with E-state index in [-0.39, 0.29) is 0 Å². The second-order valence-electron chi connectivity index (χ2n) is 2.38. The van der Waals surface area contributed by atoms with Gasteiger partial charge in [0.2, 0.25) is 0 Å². The van der Waals surface area contributed by atoms with Crippen LogP contribution in [0.5, 0.6) is 0 Å². The molecule has 0 unspecified atom stereocenters. The lowest BCUT2D eigenvalue weighted by atomic mass is 10.0. The van der Waals surface area contributed by atoms with Gasteiger partial charge in [-0.3, -0.25) is 0 Å². The third-order valence-electron chi connectivity index (χ3n) is 1.53. The van der Waals surface area contributed by atoms with E-state index < -0.39 is 0 Å². The lowest BCUT2D eigenvalue weighted by molar-refractivity contribution is 0.402. The fourth-order valence-electron chi connectivity index (χ4n) is 0.865. The average molecular weight is 128 g/mol. The molecule has 0 heterocycles. The standard InChI is InChI=1S/C8H16O/c1-4-8(5-2)6-7(3)9/h6,8-9H,4-5H2,1-3H3. The molecule has 0 atom stereocenters. The largest absolute Gasteiger partial charge is 0.513 e. The summed E-state index contributed by atoms with van der Waals surface area (Å²) in [6.07, 6.45) is 4.16. The molecule has 0 rings (SSSR count). The maximum Gasteiger partial charge on any atom is 0.0854 e. The minimum absolute atomic E-state index is 0.448. The molecular weight excluding hydrogens is 112 g/mol. The van der Waals surface area contributed by atoms with Crippen LogP contribution in [-0.2, 0) is 0 Å². The van der Waals surface area contributed by atoms with E-state index >= 15 is 0 Å². The summed E-state index contributed by atoms with van der Waals surface area (Å²) in [5.74, 6) is 1.01. The molecule has 9 heavy (non-hydrogen) atoms. The number of hydrogen-bond acceptors (Lipinski definition) is 1. The van der Waals surface area contributed by atoms with Crippen LogP contribution in [0.3, 0.4) is 0 Å². The Balaban J connectivity index is 3.68. The number of aliphatic hydroxyl groups is 1. The third kappa shape index (κ3) is 4.07. The molecule has 54 valence electrons. The van der Waals surface area contributed by atoms with Crippen molar-refractivity contribution in [3.8, 4) is 0 Å². The third-order valence-corrected chi connectivity index (χ3v) is 1.53. The molecule has 0 aromatic heterocycles. The number of aliphatic hydroxyl groups excluding tert-OH is 1. The summed E-state index contributed by atoms with van der Waals surface area (Å²) >= 11 is 0. The first-order valence-electron chi connectivity index (χ1n) is 3.58. The highest BCUT2D eigenvalue weighted by molar-refractivity contribution is 4.90. The van der Waals surface area contributed by atoms with Crippen LogP contribution in [0, 0.1) is 5.92 Å². The molecular formula is C8H16O. The van der Waals surface area contributed by atoms with E-state index in [4.69, 9.17) is 5.11 Å². The second-order valence-corrected chi connectivity index (χ2v) is 2.38. The predicted octanol–water partition coefficient (Wildman–Crippen LogP) is 2.88. The first kappa shape index (κ1) is 8.54. The molecule has 0 aliphatic carbocycles. The normalized spacial score (nSPS) is 12.7. The van der Waals surface area contributed by atoms with Gasteiger partial charge in [0.25, 0.3) is 0 Å². The van der Waals surface area contributed by atoms with Crippen molar-refractivity contribution < 1.29 is 5.11 Å². The Morgan fingerprint density at radius 2 is 1.89 bits per heavy atom. The van der Waals surface area contributed by atoms with Crippen molar-refractivity contribution in [3.05, 3.63) is 11.8 Å². The van der Waals surface area contributed by atoms with Gasteiger partial charge in [0, 0.05) is 0 Å². The lowest BCUT2D eigenvalue weighted by Crippen LogP contribution is -1.91. The van der Waals surface area contributed by atoms with Crippen molar-refractivity contribution in [2.75, 3.05) is 0 Å². The van der Waals surface area contributed by atoms with Crippen molar-refractivity contribution >= 4 is 0 Å². The first-order chi connectivity index (χ1) is 4.20. The minimum Gasteiger partial charge on any atom is -0.513 e. The predicted molar refractivity (Wildman–Crippen MR) is 40.5 cm³/mol. The van der Waals surface area contributed by atoms with Gasteiger partial charge in [-0.2, -0.15) is 0 Å². The van der Waals surface area contributed by atoms with E-state index in [2.05, 4.69) is 13.8 Å². The number of rotatable bonds is 3. The Hall–Kier alpha value is -0.460. The number of hydrogen-bond donors (Lipinski definition) is 1. The number of allylic oxidation sites excluding steroid dienone is 2. The fraction of sp³-hybridized carbons (Fsp3) is 0.750. The second kappa shape index (κ2) is 4.42. The van der Waals surface area contributed by atoms with Crippen LogP contribution in [0.15, 0.2) is 11.8 Å². The highest BCUT2D eigenvalue weighted by Crippen LogP contribution is 2.10. The maximum atomic E-state index is 8.85. The van der Waals surface area contributed by atoms with E-state index in [1.165, 1.54) is 0 Å². The summed E-state index contributed by atoms with van der Waals surface area (Å²) in [6, 6.07) is 0. The van der Waals surface area contributed by atoms with Gasteiger partial charge in [0.05, 0.1) is 5.76 Å². The van der Waals surface area contributed by atoms with Gasteiger partial charge in [-0.05, 0) is 31.8 Å². The highest BCUT2D eigenvalue weighted by atomic mass is 16.3. The van der Waals surface area contributed by atoms with Gasteiger partial charge in [-0.15, -0.1) is 0 Å². The van der Waals surface area contributed by atoms with E-state index in [0.717, 1.165) is 12.8 Å². The van der Waals surface area contributed by atoms with Crippen LogP contribution >= 0.6 is 0 Å². The molecule has 0 radical (unpaired) electrons. The van der Waals surface area contributed by atoms with Crippen LogP contribution in [0.25, 0.3) is 0 Å². The molecule has 1 N–H and O–H groups in total. The summed E-state index contributed by atoms with van der Waals surface area (Å²) in [5.41, 5.74) is 0. The lowest BCUT2D eigenvalue weighted by Gasteiger charge is -2.04. The Labute approximate surface area is 57.4 Å². The molecule has 0 saturated carbocycles. The van der Waals surface area contributed by atoms with Gasteiger partial charge in [0.1, 0.15) is 0 Å². The van der Waals surface area contributed by atoms with Crippen LogP contribution in [0.2, 0.25) is 0 Å². The van der Waals surface area contributed by atoms with Gasteiger partial charge < -0.3 is 5.11 Å². The van der Waals surface area contributed by atoms with Gasteiger partial charge in [0.15, 0.2) is 0 Å². The molecule has 0 spiro atoms. The van der Waals surface area contributed by atoms with Crippen LogP contribution in [0.1, 0.15) is 33.6 Å². The molecule has 0 aromatic rings. The molecule has 0 saturated heterocycles. The fourth-order valence-corrected chi connectivity index (χ4v) is 0.865. The van der Waals surface area contributed by atoms with Gasteiger partial charge in [-0.25, -0.2) is 0 Å². The average Bonchev–Trinajstić information content (AvgIpc) is 1.82. The molecule has 1 nitrogen and oxygen atoms in total. The molecule has 0 aliphatic heterocycles. The van der Waals surface area contributed by atoms with Crippen molar-refractivity contribution in [1.82, 2.24) is 0 Å². The van der Waals surface area contributed by atoms with Crippen LogP contribution in [-0.4, -0.2) is 5.11 Å². The van der Waals surface area contributed by atoms with E-state index in [1.54, 1.807) is 6.92 Å². The monoisotopic (exact) mass is 128 g/mol. The summed E-state index contributed by atoms with van der Waals surface area (Å²) in [5, 5.41) is 8.85. The Morgan fingerprint density at radius 1 is 1.44 bits per heavy atom. The maximum absolute atomic E-state index is 8.85. The first-order valence-corrected chi connectivity index (χ1v) is 3.58. The van der Waals surface area contributed by atoms with Crippen LogP contribution < -0.4 is 0 Å². The molecule has 0 bridgehead atoms. The summed E-state index contributed by atoms with van der Waals surface area (Å²) in [7, 11) is 0. The zero-order chi connectivity index (χ0) is 7.28. The molecule has 0 amide bonds. The van der Waals surface area contributed by atoms with Crippen molar-refractivity contribution in [2.45, 2.75) is 33.6 Å². The zero-order valence-corrected chi connectivity index (χ0v) is 6.52. The summed E-state index contributed by atoms with van der Waals surface area (Å²) in [6.45, 7) is 5.99. The molecule has 0 aromatic carbocycles. The SMILES string of the molecule is CCC(C=C(C)O)CC. The summed E-state index contributed by atoms with van der Waals surface area (Å²) < 4.78 is 0.